The van der Waals surface area contributed by atoms with Crippen molar-refractivity contribution in [1.29, 1.82) is 0 Å². The van der Waals surface area contributed by atoms with Gasteiger partial charge in [0.2, 0.25) is 0 Å². The molecule has 0 heterocycles. The molecule has 2 atom stereocenters. The smallest absolute Gasteiger partial charge is 0.326 e. The molecule has 2 aliphatic carbocycles. The molecule has 1 N–H and O–H groups in total. The normalized spacial score (nSPS) is 30.2. The van der Waals surface area contributed by atoms with Gasteiger partial charge in [-0.05, 0) is 53.2 Å². The van der Waals surface area contributed by atoms with Gasteiger partial charge in [-0.1, -0.05) is 0 Å². The summed E-state index contributed by atoms with van der Waals surface area (Å²) in [5.74, 6) is -0.0760. The molecule has 0 saturated heterocycles. The average molecular weight is 283 g/mol. The first-order valence-corrected chi connectivity index (χ1v) is 7.68. The molecule has 0 aromatic heterocycles. The predicted octanol–water partition coefficient (Wildman–Crippen LogP) is 0.696. The van der Waals surface area contributed by atoms with Gasteiger partial charge in [0.25, 0.3) is 0 Å². The number of hydrogen-bond donors (Lipinski definition) is 1. The van der Waals surface area contributed by atoms with Crippen LogP contribution in [0.5, 0.6) is 0 Å². The number of esters is 1. The fraction of sp³-hybridized carbons (Fsp3) is 0.933. The highest BCUT2D eigenvalue weighted by molar-refractivity contribution is 5.81. The van der Waals surface area contributed by atoms with E-state index in [4.69, 9.17) is 4.74 Å². The summed E-state index contributed by atoms with van der Waals surface area (Å²) in [7, 11) is 7.85. The van der Waals surface area contributed by atoms with Crippen molar-refractivity contribution in [3.63, 3.8) is 0 Å². The Morgan fingerprint density at radius 1 is 1.25 bits per heavy atom. The Balaban J connectivity index is 1.93. The molecule has 116 valence electrons. The number of nitrogens with zero attached hydrogens (tertiary/aromatic N) is 2. The Bertz CT molecular complexity index is 344. The van der Waals surface area contributed by atoms with Crippen LogP contribution in [-0.2, 0) is 9.53 Å². The average Bonchev–Trinajstić information content (AvgIpc) is 3.12. The van der Waals surface area contributed by atoms with Crippen molar-refractivity contribution in [3.8, 4) is 0 Å². The molecule has 0 radical (unpaired) electrons. The molecule has 20 heavy (non-hydrogen) atoms. The second kappa shape index (κ2) is 6.41. The zero-order valence-electron chi connectivity index (χ0n) is 13.3. The lowest BCUT2D eigenvalue weighted by Gasteiger charge is -2.30. The molecule has 0 aromatic carbocycles. The van der Waals surface area contributed by atoms with E-state index >= 15 is 0 Å². The number of rotatable bonds is 7. The molecule has 2 fully saturated rings. The van der Waals surface area contributed by atoms with E-state index < -0.39 is 5.54 Å². The van der Waals surface area contributed by atoms with Crippen molar-refractivity contribution < 1.29 is 9.53 Å². The summed E-state index contributed by atoms with van der Waals surface area (Å²) < 4.78 is 5.06. The lowest BCUT2D eigenvalue weighted by molar-refractivity contribution is -0.148. The van der Waals surface area contributed by atoms with Gasteiger partial charge >= 0.3 is 5.97 Å². The lowest BCUT2D eigenvalue weighted by atomic mass is 9.97. The van der Waals surface area contributed by atoms with Gasteiger partial charge in [-0.2, -0.15) is 0 Å². The second-order valence-electron chi connectivity index (χ2n) is 6.67. The summed E-state index contributed by atoms with van der Waals surface area (Å²) in [6, 6.07) is 1.00. The maximum atomic E-state index is 12.2. The van der Waals surface area contributed by atoms with Gasteiger partial charge in [-0.3, -0.25) is 10.1 Å². The van der Waals surface area contributed by atoms with Crippen LogP contribution >= 0.6 is 0 Å². The van der Waals surface area contributed by atoms with Crippen LogP contribution in [0.4, 0.5) is 0 Å². The van der Waals surface area contributed by atoms with E-state index in [9.17, 15) is 4.79 Å². The van der Waals surface area contributed by atoms with Crippen LogP contribution in [0.25, 0.3) is 0 Å². The molecule has 5 heteroatoms. The summed E-state index contributed by atoms with van der Waals surface area (Å²) in [6.45, 7) is 2.09. The highest BCUT2D eigenvalue weighted by Crippen LogP contribution is 2.36. The Morgan fingerprint density at radius 3 is 2.50 bits per heavy atom. The Labute approximate surface area is 122 Å². The number of carbonyl (C=O) groups excluding carboxylic acids is 1. The second-order valence-corrected chi connectivity index (χ2v) is 6.67. The van der Waals surface area contributed by atoms with Crippen LogP contribution in [-0.4, -0.2) is 74.7 Å². The Morgan fingerprint density at radius 2 is 1.95 bits per heavy atom. The van der Waals surface area contributed by atoms with Crippen molar-refractivity contribution in [2.24, 2.45) is 0 Å². The molecular formula is C15H29N3O2. The summed E-state index contributed by atoms with van der Waals surface area (Å²) in [4.78, 5) is 16.8. The summed E-state index contributed by atoms with van der Waals surface area (Å²) in [5.41, 5.74) is -0.438. The number of nitrogens with one attached hydrogen (secondary N) is 1. The van der Waals surface area contributed by atoms with E-state index in [1.54, 1.807) is 0 Å². The third kappa shape index (κ3) is 3.71. The van der Waals surface area contributed by atoms with Crippen molar-refractivity contribution in [2.45, 2.75) is 49.7 Å². The van der Waals surface area contributed by atoms with E-state index in [2.05, 4.69) is 36.3 Å². The maximum Gasteiger partial charge on any atom is 0.326 e. The number of ether oxygens (including phenoxy) is 1. The first-order valence-electron chi connectivity index (χ1n) is 7.68. The molecule has 0 amide bonds. The van der Waals surface area contributed by atoms with Crippen LogP contribution in [0.3, 0.4) is 0 Å². The summed E-state index contributed by atoms with van der Waals surface area (Å²) >= 11 is 0. The SMILES string of the molecule is COC(=O)C1(NC2CC2)CCC(N(C)CCN(C)C)C1. The molecule has 0 aromatic rings. The molecule has 2 rings (SSSR count). The minimum atomic E-state index is -0.438. The molecule has 0 bridgehead atoms. The van der Waals surface area contributed by atoms with Gasteiger partial charge in [-0.25, -0.2) is 0 Å². The van der Waals surface area contributed by atoms with Crippen molar-refractivity contribution in [1.82, 2.24) is 15.1 Å². The molecule has 5 nitrogen and oxygen atoms in total. The van der Waals surface area contributed by atoms with Gasteiger partial charge in [0.15, 0.2) is 0 Å². The quantitative estimate of drug-likeness (QED) is 0.697. The monoisotopic (exact) mass is 283 g/mol. The van der Waals surface area contributed by atoms with E-state index in [1.165, 1.54) is 20.0 Å². The third-order valence-electron chi connectivity index (χ3n) is 4.65. The molecular weight excluding hydrogens is 254 g/mol. The largest absolute Gasteiger partial charge is 0.468 e. The van der Waals surface area contributed by atoms with E-state index in [1.807, 2.05) is 0 Å². The fourth-order valence-corrected chi connectivity index (χ4v) is 3.13. The number of methoxy groups -OCH3 is 1. The highest BCUT2D eigenvalue weighted by atomic mass is 16.5. The number of likely N-dealkylation sites (N-methyl/N-ethyl adjacent to an activating group) is 2. The van der Waals surface area contributed by atoms with Gasteiger partial charge in [0.1, 0.15) is 5.54 Å². The van der Waals surface area contributed by atoms with Crippen molar-refractivity contribution in [3.05, 3.63) is 0 Å². The molecule has 2 aliphatic rings. The zero-order chi connectivity index (χ0) is 14.8. The fourth-order valence-electron chi connectivity index (χ4n) is 3.13. The van der Waals surface area contributed by atoms with Crippen LogP contribution in [0.15, 0.2) is 0 Å². The van der Waals surface area contributed by atoms with Gasteiger partial charge < -0.3 is 14.5 Å². The molecule has 0 spiro atoms. The van der Waals surface area contributed by atoms with Crippen molar-refractivity contribution in [2.75, 3.05) is 41.3 Å². The number of carbonyl (C=O) groups is 1. The molecule has 2 saturated carbocycles. The third-order valence-corrected chi connectivity index (χ3v) is 4.65. The maximum absolute atomic E-state index is 12.2. The predicted molar refractivity (Wildman–Crippen MR) is 79.7 cm³/mol. The lowest BCUT2D eigenvalue weighted by Crippen LogP contribution is -2.53. The van der Waals surface area contributed by atoms with Gasteiger partial charge in [0.05, 0.1) is 7.11 Å². The summed E-state index contributed by atoms with van der Waals surface area (Å²) in [6.07, 6.45) is 5.23. The Hall–Kier alpha value is -0.650. The minimum Gasteiger partial charge on any atom is -0.468 e. The van der Waals surface area contributed by atoms with E-state index in [-0.39, 0.29) is 5.97 Å². The summed E-state index contributed by atoms with van der Waals surface area (Å²) in [5, 5.41) is 3.56. The van der Waals surface area contributed by atoms with E-state index in [0.717, 1.165) is 32.4 Å². The first-order chi connectivity index (χ1) is 9.47. The highest BCUT2D eigenvalue weighted by Gasteiger charge is 2.49. The van der Waals surface area contributed by atoms with Crippen LogP contribution in [0.2, 0.25) is 0 Å². The topological polar surface area (TPSA) is 44.8 Å². The van der Waals surface area contributed by atoms with Gasteiger partial charge in [0, 0.05) is 25.2 Å². The van der Waals surface area contributed by atoms with Gasteiger partial charge in [-0.15, -0.1) is 0 Å². The molecule has 0 aliphatic heterocycles. The van der Waals surface area contributed by atoms with Crippen LogP contribution < -0.4 is 5.32 Å². The first kappa shape index (κ1) is 15.7. The van der Waals surface area contributed by atoms with E-state index in [0.29, 0.717) is 12.1 Å². The van der Waals surface area contributed by atoms with Crippen LogP contribution in [0, 0.1) is 0 Å². The Kier molecular flexibility index (Phi) is 5.04. The number of hydrogen-bond acceptors (Lipinski definition) is 5. The standard InChI is InChI=1S/C15H29N3O2/c1-17(2)9-10-18(3)13-7-8-15(11-13,14(19)20-4)16-12-5-6-12/h12-13,16H,5-11H2,1-4H3. The zero-order valence-corrected chi connectivity index (χ0v) is 13.3. The van der Waals surface area contributed by atoms with Crippen LogP contribution in [0.1, 0.15) is 32.1 Å². The minimum absolute atomic E-state index is 0.0760. The molecule has 2 unspecified atom stereocenters. The van der Waals surface area contributed by atoms with Crippen molar-refractivity contribution >= 4 is 5.97 Å².